The Morgan fingerprint density at radius 2 is 0.798 bits per heavy atom. The molecule has 3 heterocycles. The number of amides is 3. The van der Waals surface area contributed by atoms with Crippen molar-refractivity contribution in [2.45, 2.75) is 84.6 Å². The van der Waals surface area contributed by atoms with E-state index >= 15 is 28.8 Å². The van der Waals surface area contributed by atoms with Crippen LogP contribution in [-0.2, 0) is 14.4 Å². The summed E-state index contributed by atoms with van der Waals surface area (Å²) in [6, 6.07) is 30.9. The highest BCUT2D eigenvalue weighted by Gasteiger charge is 2.52. The minimum Gasteiger partial charge on any atom is -0.508 e. The summed E-state index contributed by atoms with van der Waals surface area (Å²) in [5, 5.41) is 55.9. The highest BCUT2D eigenvalue weighted by Crippen LogP contribution is 2.53. The van der Waals surface area contributed by atoms with E-state index in [0.717, 1.165) is 0 Å². The molecular weight excluding hydrogens is 1130 g/mol. The number of carbonyl (C=O) groups excluding carboxylic acids is 6. The van der Waals surface area contributed by atoms with E-state index in [2.05, 4.69) is 16.0 Å². The molecule has 0 aliphatic rings. The van der Waals surface area contributed by atoms with Crippen LogP contribution in [0.5, 0.6) is 17.2 Å². The normalized spacial score (nSPS) is 13.4. The van der Waals surface area contributed by atoms with Gasteiger partial charge in [0.1, 0.15) is 17.2 Å². The van der Waals surface area contributed by atoms with Gasteiger partial charge in [-0.05, 0) is 185 Å². The first-order valence-electron chi connectivity index (χ1n) is 27.6. The number of halogens is 3. The number of hydrogen-bond donors (Lipinski definition) is 7. The zero-order valence-electron chi connectivity index (χ0n) is 47.0. The maximum absolute atomic E-state index is 16.6. The molecular formula is C65H63Cl3N6O10. The number of fused-ring (bicyclic) bond motifs is 3. The Morgan fingerprint density at radius 1 is 0.476 bits per heavy atom. The van der Waals surface area contributed by atoms with Gasteiger partial charge in [-0.3, -0.25) is 42.5 Å². The Hall–Kier alpha value is -8.41. The number of carbonyl (C=O) groups is 6. The number of phenolic OH excluding ortho intramolecular Hbond substituents is 3. The number of aliphatic hydroxyl groups is 1. The Morgan fingerprint density at radius 3 is 1.11 bits per heavy atom. The molecule has 0 radical (unpaired) electrons. The van der Waals surface area contributed by atoms with E-state index in [1.807, 2.05) is 13.8 Å². The van der Waals surface area contributed by atoms with Gasteiger partial charge in [0.05, 0.1) is 40.9 Å². The lowest BCUT2D eigenvalue weighted by molar-refractivity contribution is -0.130. The Labute approximate surface area is 499 Å². The standard InChI is InChI=1S/C65H63Cl3N6O10/c1-7-9-28-69-60(79)57(53-35(4)72(50-25-22-44(76)31-47(50)53)63(82)38-10-16-41(66)17-11-38)56(58(61(80)70-29-30-75)54-36(5)73(51-26-23-45(77)32-48(51)54)64(83)39-12-18-42(67)19-13-39)59(62(81)71-34(3)8-2)55-37(6)74(52-27-24-46(78)33-49(52)55)65(84)40-14-20-43(68)21-15-40/h10-27,31-34,56-59,75-78H,7-9,28-30H2,1-6H3,(H,69,79)(H,70,80)(H,71,81). The van der Waals surface area contributed by atoms with E-state index in [4.69, 9.17) is 34.8 Å². The predicted octanol–water partition coefficient (Wildman–Crippen LogP) is 11.8. The van der Waals surface area contributed by atoms with Crippen molar-refractivity contribution in [1.82, 2.24) is 29.7 Å². The molecule has 16 nitrogen and oxygen atoms in total. The number of rotatable bonds is 19. The summed E-state index contributed by atoms with van der Waals surface area (Å²) in [4.78, 5) is 94.9. The van der Waals surface area contributed by atoms with Gasteiger partial charge >= 0.3 is 0 Å². The van der Waals surface area contributed by atoms with Crippen LogP contribution in [0, 0.1) is 26.7 Å². The van der Waals surface area contributed by atoms with Crippen LogP contribution in [0.4, 0.5) is 0 Å². The quantitative estimate of drug-likeness (QED) is 0.0378. The topological polar surface area (TPSA) is 234 Å². The van der Waals surface area contributed by atoms with Gasteiger partial charge in [0.2, 0.25) is 17.7 Å². The molecule has 5 atom stereocenters. The van der Waals surface area contributed by atoms with Gasteiger partial charge < -0.3 is 36.4 Å². The zero-order chi connectivity index (χ0) is 60.4. The fourth-order valence-corrected chi connectivity index (χ4v) is 12.1. The Kier molecular flexibility index (Phi) is 18.1. The summed E-state index contributed by atoms with van der Waals surface area (Å²) in [6.07, 6.45) is 1.52. The van der Waals surface area contributed by atoms with Gasteiger partial charge in [-0.1, -0.05) is 55.1 Å². The number of phenols is 3. The average molecular weight is 1190 g/mol. The van der Waals surface area contributed by atoms with E-state index in [1.165, 1.54) is 80.4 Å². The number of aromatic hydroxyl groups is 3. The third kappa shape index (κ3) is 11.5. The van der Waals surface area contributed by atoms with Crippen LogP contribution in [0.3, 0.4) is 0 Å². The molecule has 3 aromatic heterocycles. The third-order valence-electron chi connectivity index (χ3n) is 15.8. The molecule has 0 aliphatic carbocycles. The zero-order valence-corrected chi connectivity index (χ0v) is 49.2. The van der Waals surface area contributed by atoms with Crippen LogP contribution in [0.2, 0.25) is 15.1 Å². The van der Waals surface area contributed by atoms with Crippen LogP contribution >= 0.6 is 34.8 Å². The van der Waals surface area contributed by atoms with Crippen molar-refractivity contribution in [3.05, 3.63) is 193 Å². The van der Waals surface area contributed by atoms with Crippen molar-refractivity contribution in [1.29, 1.82) is 0 Å². The second-order valence-corrected chi connectivity index (χ2v) is 22.3. The highest BCUT2D eigenvalue weighted by molar-refractivity contribution is 6.31. The van der Waals surface area contributed by atoms with E-state index in [-0.39, 0.29) is 114 Å². The van der Waals surface area contributed by atoms with Crippen molar-refractivity contribution < 1.29 is 49.2 Å². The molecule has 19 heteroatoms. The van der Waals surface area contributed by atoms with Crippen LogP contribution in [0.1, 0.15) is 123 Å². The molecule has 5 unspecified atom stereocenters. The minimum atomic E-state index is -1.78. The Balaban J connectivity index is 1.51. The highest BCUT2D eigenvalue weighted by atomic mass is 35.5. The van der Waals surface area contributed by atoms with Crippen molar-refractivity contribution in [2.75, 3.05) is 19.7 Å². The molecule has 0 saturated carbocycles. The number of nitrogens with one attached hydrogen (secondary N) is 3. The van der Waals surface area contributed by atoms with Gasteiger partial charge in [0.15, 0.2) is 0 Å². The number of unbranched alkanes of at least 4 members (excludes halogenated alkanes) is 1. The van der Waals surface area contributed by atoms with Crippen LogP contribution < -0.4 is 16.0 Å². The van der Waals surface area contributed by atoms with E-state index < -0.39 is 71.8 Å². The summed E-state index contributed by atoms with van der Waals surface area (Å²) in [7, 11) is 0. The van der Waals surface area contributed by atoms with Crippen molar-refractivity contribution in [3.63, 3.8) is 0 Å². The summed E-state index contributed by atoms with van der Waals surface area (Å²) in [6.45, 7) is 9.62. The fourth-order valence-electron chi connectivity index (χ4n) is 11.7. The van der Waals surface area contributed by atoms with E-state index in [1.54, 1.807) is 88.4 Å². The lowest BCUT2D eigenvalue weighted by Crippen LogP contribution is -2.48. The second-order valence-electron chi connectivity index (χ2n) is 21.0. The van der Waals surface area contributed by atoms with E-state index in [9.17, 15) is 20.4 Å². The van der Waals surface area contributed by atoms with Gasteiger partial charge in [-0.15, -0.1) is 0 Å². The van der Waals surface area contributed by atoms with Gasteiger partial charge in [0.25, 0.3) is 17.7 Å². The Bertz CT molecular complexity index is 4040. The maximum atomic E-state index is 16.6. The molecule has 434 valence electrons. The maximum Gasteiger partial charge on any atom is 0.262 e. The van der Waals surface area contributed by atoms with Crippen molar-refractivity contribution >= 4 is 103 Å². The summed E-state index contributed by atoms with van der Waals surface area (Å²) < 4.78 is 4.16. The molecule has 9 rings (SSSR count). The summed E-state index contributed by atoms with van der Waals surface area (Å²) in [5.41, 5.74) is 2.12. The third-order valence-corrected chi connectivity index (χ3v) is 16.5. The summed E-state index contributed by atoms with van der Waals surface area (Å²) >= 11 is 19.0. The smallest absolute Gasteiger partial charge is 0.262 e. The molecule has 84 heavy (non-hydrogen) atoms. The number of aliphatic hydroxyl groups excluding tert-OH is 1. The van der Waals surface area contributed by atoms with Crippen LogP contribution in [0.15, 0.2) is 127 Å². The fraction of sp³-hybridized carbons (Fsp3) is 0.262. The first-order chi connectivity index (χ1) is 40.2. The first-order valence-corrected chi connectivity index (χ1v) is 28.7. The van der Waals surface area contributed by atoms with Crippen molar-refractivity contribution in [3.8, 4) is 17.2 Å². The molecule has 6 aromatic carbocycles. The molecule has 0 saturated heterocycles. The lowest BCUT2D eigenvalue weighted by Gasteiger charge is -2.39. The molecule has 9 aromatic rings. The van der Waals surface area contributed by atoms with Gasteiger partial charge in [0, 0.05) is 90.0 Å². The van der Waals surface area contributed by atoms with Gasteiger partial charge in [-0.25, -0.2) is 0 Å². The molecule has 3 amide bonds. The number of aromatic nitrogens is 3. The molecule has 7 N–H and O–H groups in total. The number of benzene rings is 6. The minimum absolute atomic E-state index is 0.0827. The predicted molar refractivity (Wildman–Crippen MR) is 326 cm³/mol. The molecule has 0 aliphatic heterocycles. The van der Waals surface area contributed by atoms with E-state index in [0.29, 0.717) is 34.3 Å². The van der Waals surface area contributed by atoms with Crippen LogP contribution in [0.25, 0.3) is 32.7 Å². The number of hydrogen-bond acceptors (Lipinski definition) is 10. The van der Waals surface area contributed by atoms with Crippen molar-refractivity contribution in [2.24, 2.45) is 5.92 Å². The second kappa shape index (κ2) is 25.2. The number of nitrogens with zero attached hydrogens (tertiary/aromatic N) is 3. The average Bonchev–Trinajstić information content (AvgIpc) is 1.96. The molecule has 0 spiro atoms. The molecule has 0 fully saturated rings. The molecule has 0 bridgehead atoms. The van der Waals surface area contributed by atoms with Crippen LogP contribution in [-0.4, -0.2) is 95.3 Å². The largest absolute Gasteiger partial charge is 0.508 e. The van der Waals surface area contributed by atoms with Gasteiger partial charge in [-0.2, -0.15) is 0 Å². The monoisotopic (exact) mass is 1190 g/mol. The first kappa shape index (κ1) is 60.2. The summed E-state index contributed by atoms with van der Waals surface area (Å²) in [5.74, 6) is -11.7. The SMILES string of the molecule is CCCCNC(=O)C(c1c(C)n(C(=O)c2ccc(Cl)cc2)c2ccc(O)cc12)C(C(C(=O)NCCO)c1c(C)n(C(=O)c2ccc(Cl)cc2)c2ccc(O)cc12)C(C(=O)NC(C)CC)c1c(C)n(C(=O)c2ccc(Cl)cc2)c2ccc(O)cc12. The lowest BCUT2D eigenvalue weighted by atomic mass is 9.64.